The summed E-state index contributed by atoms with van der Waals surface area (Å²) in [5.41, 5.74) is 1.22. The molecule has 3 rings (SSSR count). The van der Waals surface area contributed by atoms with Crippen LogP contribution in [0.15, 0.2) is 46.3 Å². The molecule has 2 aromatic heterocycles. The molecule has 0 amide bonds. The van der Waals surface area contributed by atoms with E-state index in [1.165, 1.54) is 16.9 Å². The van der Waals surface area contributed by atoms with E-state index in [-0.39, 0.29) is 19.1 Å². The van der Waals surface area contributed by atoms with E-state index in [1.807, 2.05) is 41.8 Å². The fraction of sp³-hybridized carbons (Fsp3) is 0.278. The fourth-order valence-electron chi connectivity index (χ4n) is 2.09. The number of aromatic nitrogens is 2. The molecule has 0 N–H and O–H groups in total. The number of thiophene rings is 1. The second-order valence-corrected chi connectivity index (χ2v) is 6.61. The van der Waals surface area contributed by atoms with Crippen molar-refractivity contribution in [2.75, 3.05) is 6.61 Å². The van der Waals surface area contributed by atoms with E-state index in [2.05, 4.69) is 24.0 Å². The molecule has 0 aliphatic rings. The summed E-state index contributed by atoms with van der Waals surface area (Å²) in [6, 6.07) is 11.4. The second kappa shape index (κ2) is 7.94. The molecule has 0 unspecified atom stereocenters. The van der Waals surface area contributed by atoms with Crippen molar-refractivity contribution in [3.05, 3.63) is 53.2 Å². The highest BCUT2D eigenvalue weighted by molar-refractivity contribution is 7.13. The number of carbonyl (C=O) groups excluding carboxylic acids is 1. The van der Waals surface area contributed by atoms with Crippen LogP contribution in [0.5, 0.6) is 5.75 Å². The van der Waals surface area contributed by atoms with Crippen molar-refractivity contribution in [2.45, 2.75) is 26.4 Å². The molecule has 0 fully saturated rings. The van der Waals surface area contributed by atoms with Crippen molar-refractivity contribution in [2.24, 2.45) is 0 Å². The smallest absolute Gasteiger partial charge is 0.344 e. The van der Waals surface area contributed by atoms with Crippen molar-refractivity contribution in [3.63, 3.8) is 0 Å². The summed E-state index contributed by atoms with van der Waals surface area (Å²) >= 11 is 1.51. The molecular formula is C18H18N2O4S. The minimum Gasteiger partial charge on any atom is -0.482 e. The van der Waals surface area contributed by atoms with Crippen molar-refractivity contribution in [1.29, 1.82) is 0 Å². The van der Waals surface area contributed by atoms with Crippen LogP contribution in [0.2, 0.25) is 0 Å². The molecule has 0 radical (unpaired) electrons. The number of carbonyl (C=O) groups is 1. The average Bonchev–Trinajstić information content (AvgIpc) is 3.29. The lowest BCUT2D eigenvalue weighted by atomic mass is 10.0. The highest BCUT2D eigenvalue weighted by Crippen LogP contribution is 2.21. The summed E-state index contributed by atoms with van der Waals surface area (Å²) in [6.07, 6.45) is 0. The largest absolute Gasteiger partial charge is 0.482 e. The number of hydrogen-bond acceptors (Lipinski definition) is 7. The highest BCUT2D eigenvalue weighted by atomic mass is 32.1. The lowest BCUT2D eigenvalue weighted by Gasteiger charge is -2.08. The van der Waals surface area contributed by atoms with E-state index in [0.717, 1.165) is 4.88 Å². The van der Waals surface area contributed by atoms with Gasteiger partial charge in [0.25, 0.3) is 5.89 Å². The third-order valence-electron chi connectivity index (χ3n) is 3.47. The normalized spacial score (nSPS) is 10.8. The van der Waals surface area contributed by atoms with E-state index in [9.17, 15) is 4.79 Å². The van der Waals surface area contributed by atoms with Gasteiger partial charge in [-0.05, 0) is 35.1 Å². The first-order chi connectivity index (χ1) is 12.1. The molecule has 0 aliphatic heterocycles. The van der Waals surface area contributed by atoms with Crippen LogP contribution >= 0.6 is 11.3 Å². The van der Waals surface area contributed by atoms with Gasteiger partial charge in [-0.15, -0.1) is 11.3 Å². The summed E-state index contributed by atoms with van der Waals surface area (Å²) in [4.78, 5) is 16.8. The number of benzene rings is 1. The molecule has 0 spiro atoms. The maximum absolute atomic E-state index is 11.8. The first-order valence-corrected chi connectivity index (χ1v) is 8.74. The van der Waals surface area contributed by atoms with Gasteiger partial charge < -0.3 is 14.0 Å². The van der Waals surface area contributed by atoms with Crippen LogP contribution in [0.1, 0.15) is 31.2 Å². The van der Waals surface area contributed by atoms with E-state index in [0.29, 0.717) is 17.5 Å². The minimum absolute atomic E-state index is 0.0765. The Bertz CT molecular complexity index is 810. The molecule has 130 valence electrons. The van der Waals surface area contributed by atoms with Crippen LogP contribution < -0.4 is 4.74 Å². The lowest BCUT2D eigenvalue weighted by molar-refractivity contribution is -0.148. The second-order valence-electron chi connectivity index (χ2n) is 5.66. The minimum atomic E-state index is -0.496. The number of rotatable bonds is 7. The molecule has 7 heteroatoms. The molecule has 2 heterocycles. The van der Waals surface area contributed by atoms with Gasteiger partial charge in [0.2, 0.25) is 5.82 Å². The van der Waals surface area contributed by atoms with Gasteiger partial charge in [-0.3, -0.25) is 0 Å². The van der Waals surface area contributed by atoms with Crippen molar-refractivity contribution in [3.8, 4) is 16.5 Å². The molecule has 0 bridgehead atoms. The third-order valence-corrected chi connectivity index (χ3v) is 4.34. The van der Waals surface area contributed by atoms with Crippen LogP contribution in [0.3, 0.4) is 0 Å². The van der Waals surface area contributed by atoms with Crippen LogP contribution in [-0.4, -0.2) is 22.7 Å². The maximum Gasteiger partial charge on any atom is 0.344 e. The number of ether oxygens (including phenoxy) is 2. The van der Waals surface area contributed by atoms with E-state index < -0.39 is 5.97 Å². The Morgan fingerprint density at radius 2 is 2.04 bits per heavy atom. The number of hydrogen-bond donors (Lipinski definition) is 0. The van der Waals surface area contributed by atoms with Crippen LogP contribution in [0.4, 0.5) is 0 Å². The predicted octanol–water partition coefficient (Wildman–Crippen LogP) is 4.04. The van der Waals surface area contributed by atoms with E-state index >= 15 is 0 Å². The average molecular weight is 358 g/mol. The van der Waals surface area contributed by atoms with E-state index in [4.69, 9.17) is 14.0 Å². The summed E-state index contributed by atoms with van der Waals surface area (Å²) in [7, 11) is 0. The number of nitrogens with zero attached hydrogens (tertiary/aromatic N) is 2. The Morgan fingerprint density at radius 1 is 1.24 bits per heavy atom. The summed E-state index contributed by atoms with van der Waals surface area (Å²) in [5.74, 6) is 1.32. The molecule has 0 saturated heterocycles. The third kappa shape index (κ3) is 4.67. The quantitative estimate of drug-likeness (QED) is 0.593. The Hall–Kier alpha value is -2.67. The van der Waals surface area contributed by atoms with Crippen molar-refractivity contribution < 1.29 is 18.8 Å². The molecule has 0 atom stereocenters. The van der Waals surface area contributed by atoms with Gasteiger partial charge in [0.1, 0.15) is 5.75 Å². The zero-order valence-corrected chi connectivity index (χ0v) is 14.8. The van der Waals surface area contributed by atoms with Crippen molar-refractivity contribution in [1.82, 2.24) is 10.1 Å². The van der Waals surface area contributed by atoms with Crippen LogP contribution in [0, 0.1) is 0 Å². The maximum atomic E-state index is 11.8. The monoisotopic (exact) mass is 358 g/mol. The zero-order chi connectivity index (χ0) is 17.6. The number of esters is 1. The zero-order valence-electron chi connectivity index (χ0n) is 14.0. The first-order valence-electron chi connectivity index (χ1n) is 7.86. The lowest BCUT2D eigenvalue weighted by Crippen LogP contribution is -2.14. The molecule has 1 aromatic carbocycles. The molecule has 3 aromatic rings. The van der Waals surface area contributed by atoms with E-state index in [1.54, 1.807) is 0 Å². The van der Waals surface area contributed by atoms with Gasteiger partial charge in [0.05, 0.1) is 4.88 Å². The molecule has 0 saturated carbocycles. The summed E-state index contributed by atoms with van der Waals surface area (Å²) < 4.78 is 15.6. The Kier molecular flexibility index (Phi) is 5.45. The van der Waals surface area contributed by atoms with Gasteiger partial charge in [0.15, 0.2) is 13.2 Å². The summed E-state index contributed by atoms with van der Waals surface area (Å²) in [6.45, 7) is 3.99. The molecular weight excluding hydrogens is 340 g/mol. The van der Waals surface area contributed by atoms with Gasteiger partial charge in [-0.2, -0.15) is 4.98 Å². The molecule has 25 heavy (non-hydrogen) atoms. The SMILES string of the molecule is CC(C)c1ccc(OCC(=O)OCc2nc(-c3cccs3)no2)cc1. The summed E-state index contributed by atoms with van der Waals surface area (Å²) in [5, 5.41) is 5.78. The van der Waals surface area contributed by atoms with Crippen molar-refractivity contribution >= 4 is 17.3 Å². The fourth-order valence-corrected chi connectivity index (χ4v) is 2.74. The Balaban J connectivity index is 1.45. The van der Waals surface area contributed by atoms with Crippen LogP contribution in [-0.2, 0) is 16.1 Å². The van der Waals surface area contributed by atoms with Gasteiger partial charge in [-0.1, -0.05) is 37.2 Å². The Labute approximate surface area is 149 Å². The topological polar surface area (TPSA) is 74.5 Å². The van der Waals surface area contributed by atoms with Crippen LogP contribution in [0.25, 0.3) is 10.7 Å². The first kappa shape index (κ1) is 17.2. The highest BCUT2D eigenvalue weighted by Gasteiger charge is 2.12. The molecule has 6 nitrogen and oxygen atoms in total. The van der Waals surface area contributed by atoms with Gasteiger partial charge >= 0.3 is 5.97 Å². The molecule has 0 aliphatic carbocycles. The Morgan fingerprint density at radius 3 is 2.72 bits per heavy atom. The van der Waals surface area contributed by atoms with Gasteiger partial charge in [-0.25, -0.2) is 4.79 Å². The standard InChI is InChI=1S/C18H18N2O4S/c1-12(2)13-5-7-14(8-6-13)22-11-17(21)23-10-16-19-18(20-24-16)15-4-3-9-25-15/h3-9,12H,10-11H2,1-2H3. The predicted molar refractivity (Wildman–Crippen MR) is 93.4 cm³/mol. The van der Waals surface area contributed by atoms with Gasteiger partial charge in [0, 0.05) is 0 Å².